The summed E-state index contributed by atoms with van der Waals surface area (Å²) in [5.41, 5.74) is 8.35. The lowest BCUT2D eigenvalue weighted by Gasteiger charge is -2.17. The van der Waals surface area contributed by atoms with Crippen molar-refractivity contribution in [3.63, 3.8) is 0 Å². The van der Waals surface area contributed by atoms with Gasteiger partial charge in [-0.3, -0.25) is 0 Å². The van der Waals surface area contributed by atoms with E-state index in [1.165, 1.54) is 0 Å². The monoisotopic (exact) mass is 227 g/mol. The maximum Gasteiger partial charge on any atom is 0.0954 e. The molecule has 2 aromatic rings. The summed E-state index contributed by atoms with van der Waals surface area (Å²) in [6.45, 7) is 5.87. The molecule has 3 nitrogen and oxygen atoms in total. The van der Waals surface area contributed by atoms with Crippen LogP contribution in [-0.4, -0.2) is 9.55 Å². The largest absolute Gasteiger partial charge is 0.326 e. The fourth-order valence-electron chi connectivity index (χ4n) is 1.84. The van der Waals surface area contributed by atoms with Crippen LogP contribution in [0.4, 0.5) is 0 Å². The highest BCUT2D eigenvalue weighted by atomic mass is 15.1. The second-order valence-electron chi connectivity index (χ2n) is 4.09. The molecule has 1 heterocycles. The van der Waals surface area contributed by atoms with Gasteiger partial charge >= 0.3 is 0 Å². The van der Waals surface area contributed by atoms with Crippen LogP contribution in [0.3, 0.4) is 0 Å². The molecule has 0 saturated carbocycles. The molecule has 17 heavy (non-hydrogen) atoms. The van der Waals surface area contributed by atoms with Crippen molar-refractivity contribution in [2.24, 2.45) is 5.73 Å². The molecule has 2 unspecified atom stereocenters. The number of allylic oxidation sites excluding steroid dienone is 1. The molecule has 0 spiro atoms. The summed E-state index contributed by atoms with van der Waals surface area (Å²) >= 11 is 0. The third kappa shape index (κ3) is 2.29. The molecule has 3 heteroatoms. The van der Waals surface area contributed by atoms with Gasteiger partial charge in [0.25, 0.3) is 0 Å². The van der Waals surface area contributed by atoms with E-state index < -0.39 is 0 Å². The van der Waals surface area contributed by atoms with E-state index in [0.29, 0.717) is 0 Å². The lowest BCUT2D eigenvalue weighted by Crippen LogP contribution is -2.17. The van der Waals surface area contributed by atoms with E-state index in [0.717, 1.165) is 11.3 Å². The van der Waals surface area contributed by atoms with E-state index in [1.54, 1.807) is 6.33 Å². The lowest BCUT2D eigenvalue weighted by molar-refractivity contribution is 0.608. The Morgan fingerprint density at radius 1 is 1.35 bits per heavy atom. The maximum atomic E-state index is 6.26. The van der Waals surface area contributed by atoms with Gasteiger partial charge in [-0.2, -0.15) is 0 Å². The summed E-state index contributed by atoms with van der Waals surface area (Å²) in [6, 6.07) is 10.1. The minimum atomic E-state index is -0.152. The number of benzene rings is 1. The molecule has 0 aliphatic carbocycles. The number of rotatable bonds is 4. The molecular formula is C14H17N3. The Hall–Kier alpha value is -1.87. The van der Waals surface area contributed by atoms with E-state index in [1.807, 2.05) is 47.2 Å². The van der Waals surface area contributed by atoms with Gasteiger partial charge in [0.05, 0.1) is 24.3 Å². The highest BCUT2D eigenvalue weighted by molar-refractivity contribution is 5.26. The van der Waals surface area contributed by atoms with Gasteiger partial charge in [0, 0.05) is 6.04 Å². The number of nitrogens with zero attached hydrogens (tertiary/aromatic N) is 2. The van der Waals surface area contributed by atoms with Gasteiger partial charge in [-0.1, -0.05) is 36.4 Å². The van der Waals surface area contributed by atoms with E-state index in [4.69, 9.17) is 5.73 Å². The molecule has 0 aliphatic rings. The van der Waals surface area contributed by atoms with E-state index in [2.05, 4.69) is 18.5 Å². The Labute approximate surface area is 102 Å². The Morgan fingerprint density at radius 2 is 2.06 bits per heavy atom. The maximum absolute atomic E-state index is 6.26. The molecule has 2 atom stereocenters. The number of nitrogens with two attached hydrogens (primary N) is 1. The van der Waals surface area contributed by atoms with Crippen LogP contribution in [0.1, 0.15) is 30.3 Å². The first-order valence-electron chi connectivity index (χ1n) is 5.69. The van der Waals surface area contributed by atoms with Crippen molar-refractivity contribution in [2.45, 2.75) is 19.0 Å². The van der Waals surface area contributed by atoms with Gasteiger partial charge in [0.2, 0.25) is 0 Å². The molecule has 0 aliphatic heterocycles. The van der Waals surface area contributed by atoms with Crippen LogP contribution in [0.2, 0.25) is 0 Å². The predicted octanol–water partition coefficient (Wildman–Crippen LogP) is 2.68. The molecule has 0 amide bonds. The summed E-state index contributed by atoms with van der Waals surface area (Å²) in [5, 5.41) is 0. The molecule has 1 aromatic carbocycles. The molecular weight excluding hydrogens is 210 g/mol. The third-order valence-electron chi connectivity index (χ3n) is 2.95. The van der Waals surface area contributed by atoms with E-state index in [9.17, 15) is 0 Å². The van der Waals surface area contributed by atoms with Crippen molar-refractivity contribution in [2.75, 3.05) is 0 Å². The minimum Gasteiger partial charge on any atom is -0.326 e. The van der Waals surface area contributed by atoms with Crippen LogP contribution in [0, 0.1) is 0 Å². The van der Waals surface area contributed by atoms with Crippen molar-refractivity contribution >= 4 is 0 Å². The topological polar surface area (TPSA) is 43.8 Å². The summed E-state index contributed by atoms with van der Waals surface area (Å²) < 4.78 is 2.05. The average molecular weight is 227 g/mol. The molecule has 1 aromatic heterocycles. The molecule has 2 N–H and O–H groups in total. The quantitative estimate of drug-likeness (QED) is 0.816. The van der Waals surface area contributed by atoms with Crippen LogP contribution in [0.5, 0.6) is 0 Å². The summed E-state index contributed by atoms with van der Waals surface area (Å²) in [5.74, 6) is 0. The second kappa shape index (κ2) is 4.97. The summed E-state index contributed by atoms with van der Waals surface area (Å²) in [7, 11) is 0. The normalized spacial score (nSPS) is 14.2. The molecule has 0 saturated heterocycles. The van der Waals surface area contributed by atoms with Crippen LogP contribution < -0.4 is 5.73 Å². The first-order valence-corrected chi connectivity index (χ1v) is 5.69. The Bertz CT molecular complexity index is 487. The van der Waals surface area contributed by atoms with Crippen molar-refractivity contribution in [3.8, 4) is 0 Å². The van der Waals surface area contributed by atoms with Crippen LogP contribution >= 0.6 is 0 Å². The molecule has 88 valence electrons. The zero-order valence-corrected chi connectivity index (χ0v) is 9.95. The molecule has 2 rings (SSSR count). The van der Waals surface area contributed by atoms with E-state index in [-0.39, 0.29) is 12.1 Å². The number of hydrogen-bond donors (Lipinski definition) is 1. The van der Waals surface area contributed by atoms with Gasteiger partial charge in [-0.25, -0.2) is 4.98 Å². The van der Waals surface area contributed by atoms with Gasteiger partial charge < -0.3 is 10.3 Å². The third-order valence-corrected chi connectivity index (χ3v) is 2.95. The second-order valence-corrected chi connectivity index (χ2v) is 4.09. The van der Waals surface area contributed by atoms with Crippen LogP contribution in [-0.2, 0) is 0 Å². The number of aromatic nitrogens is 2. The first kappa shape index (κ1) is 11.6. The Morgan fingerprint density at radius 3 is 2.71 bits per heavy atom. The highest BCUT2D eigenvalue weighted by Crippen LogP contribution is 2.21. The SMILES string of the molecule is C=CC(C)n1cncc1C(N)c1ccccc1. The van der Waals surface area contributed by atoms with E-state index >= 15 is 0 Å². The van der Waals surface area contributed by atoms with Gasteiger partial charge in [0.1, 0.15) is 0 Å². The van der Waals surface area contributed by atoms with Gasteiger partial charge in [-0.15, -0.1) is 6.58 Å². The molecule has 0 radical (unpaired) electrons. The Balaban J connectivity index is 2.35. The highest BCUT2D eigenvalue weighted by Gasteiger charge is 2.15. The smallest absolute Gasteiger partial charge is 0.0954 e. The van der Waals surface area contributed by atoms with Crippen molar-refractivity contribution in [1.82, 2.24) is 9.55 Å². The lowest BCUT2D eigenvalue weighted by atomic mass is 10.0. The van der Waals surface area contributed by atoms with Gasteiger partial charge in [-0.05, 0) is 12.5 Å². The van der Waals surface area contributed by atoms with Crippen LogP contribution in [0.25, 0.3) is 0 Å². The fraction of sp³-hybridized carbons (Fsp3) is 0.214. The van der Waals surface area contributed by atoms with Crippen LogP contribution in [0.15, 0.2) is 55.5 Å². The van der Waals surface area contributed by atoms with Crippen molar-refractivity contribution in [1.29, 1.82) is 0 Å². The standard InChI is InChI=1S/C14H17N3/c1-3-11(2)17-10-16-9-13(17)14(15)12-7-5-4-6-8-12/h3-11,14H,1,15H2,2H3. The van der Waals surface area contributed by atoms with Crippen molar-refractivity contribution < 1.29 is 0 Å². The fourth-order valence-corrected chi connectivity index (χ4v) is 1.84. The first-order chi connectivity index (χ1) is 8.24. The minimum absolute atomic E-state index is 0.152. The number of imidazole rings is 1. The Kier molecular flexibility index (Phi) is 3.40. The zero-order chi connectivity index (χ0) is 12.3. The molecule has 0 bridgehead atoms. The van der Waals surface area contributed by atoms with Gasteiger partial charge in [0.15, 0.2) is 0 Å². The zero-order valence-electron chi connectivity index (χ0n) is 9.95. The summed E-state index contributed by atoms with van der Waals surface area (Å²) in [6.07, 6.45) is 5.49. The molecule has 0 fully saturated rings. The predicted molar refractivity (Wildman–Crippen MR) is 69.6 cm³/mol. The van der Waals surface area contributed by atoms with Crippen molar-refractivity contribution in [3.05, 3.63) is 66.8 Å². The number of hydrogen-bond acceptors (Lipinski definition) is 2. The average Bonchev–Trinajstić information content (AvgIpc) is 2.87. The summed E-state index contributed by atoms with van der Waals surface area (Å²) in [4.78, 5) is 4.17.